The predicted molar refractivity (Wildman–Crippen MR) is 92.6 cm³/mol. The van der Waals surface area contributed by atoms with E-state index in [0.29, 0.717) is 29.1 Å². The lowest BCUT2D eigenvalue weighted by Gasteiger charge is -2.02. The van der Waals surface area contributed by atoms with Gasteiger partial charge in [0.25, 0.3) is 0 Å². The highest BCUT2D eigenvalue weighted by Gasteiger charge is 2.21. The van der Waals surface area contributed by atoms with Gasteiger partial charge in [-0.1, -0.05) is 18.2 Å². The number of methoxy groups -OCH3 is 1. The van der Waals surface area contributed by atoms with Gasteiger partial charge in [-0.2, -0.15) is 0 Å². The monoisotopic (exact) mass is 327 g/mol. The normalized spacial score (nSPS) is 10.8. The van der Waals surface area contributed by atoms with E-state index in [1.165, 1.54) is 6.08 Å². The summed E-state index contributed by atoms with van der Waals surface area (Å²) in [7, 11) is 1.60. The number of aryl methyl sites for hydroxylation is 1. The van der Waals surface area contributed by atoms with E-state index in [1.54, 1.807) is 34.0 Å². The fourth-order valence-corrected chi connectivity index (χ4v) is 2.48. The SMILES string of the molecule is CCOC(=O)c1c(C)[nH]c(C(=O)C=Cc2ccc(OC)cc2)c1C. The summed E-state index contributed by atoms with van der Waals surface area (Å²) in [5, 5.41) is 0. The average molecular weight is 327 g/mol. The number of nitrogens with one attached hydrogen (secondary N) is 1. The third-order valence-corrected chi connectivity index (χ3v) is 3.71. The van der Waals surface area contributed by atoms with Crippen LogP contribution in [-0.2, 0) is 4.74 Å². The Labute approximate surface area is 141 Å². The van der Waals surface area contributed by atoms with Crippen molar-refractivity contribution in [2.45, 2.75) is 20.8 Å². The summed E-state index contributed by atoms with van der Waals surface area (Å²) in [6, 6.07) is 7.37. The Morgan fingerprint density at radius 1 is 1.17 bits per heavy atom. The molecule has 5 heteroatoms. The van der Waals surface area contributed by atoms with Crippen molar-refractivity contribution in [3.8, 4) is 5.75 Å². The Bertz CT molecular complexity index is 769. The molecule has 0 saturated heterocycles. The summed E-state index contributed by atoms with van der Waals surface area (Å²) in [5.41, 5.74) is 2.96. The second-order valence-corrected chi connectivity index (χ2v) is 5.32. The van der Waals surface area contributed by atoms with Gasteiger partial charge >= 0.3 is 5.97 Å². The number of ketones is 1. The summed E-state index contributed by atoms with van der Waals surface area (Å²) in [4.78, 5) is 27.4. The number of H-pyrrole nitrogens is 1. The van der Waals surface area contributed by atoms with Gasteiger partial charge < -0.3 is 14.5 Å². The number of benzene rings is 1. The van der Waals surface area contributed by atoms with Gasteiger partial charge in [0.05, 0.1) is 25.0 Å². The molecule has 5 nitrogen and oxygen atoms in total. The highest BCUT2D eigenvalue weighted by molar-refractivity contribution is 6.08. The predicted octanol–water partition coefficient (Wildman–Crippen LogP) is 3.71. The fraction of sp³-hybridized carbons (Fsp3) is 0.263. The van der Waals surface area contributed by atoms with Crippen LogP contribution in [0.2, 0.25) is 0 Å². The van der Waals surface area contributed by atoms with E-state index in [1.807, 2.05) is 24.3 Å². The van der Waals surface area contributed by atoms with Gasteiger partial charge in [-0.05, 0) is 50.1 Å². The lowest BCUT2D eigenvalue weighted by atomic mass is 10.1. The molecule has 0 spiro atoms. The maximum Gasteiger partial charge on any atom is 0.340 e. The van der Waals surface area contributed by atoms with E-state index in [-0.39, 0.29) is 5.78 Å². The topological polar surface area (TPSA) is 68.4 Å². The van der Waals surface area contributed by atoms with E-state index in [2.05, 4.69) is 4.98 Å². The number of hydrogen-bond donors (Lipinski definition) is 1. The molecule has 0 aliphatic rings. The van der Waals surface area contributed by atoms with Crippen molar-refractivity contribution >= 4 is 17.8 Å². The first-order chi connectivity index (χ1) is 11.5. The molecule has 2 aromatic rings. The summed E-state index contributed by atoms with van der Waals surface area (Å²) in [6.07, 6.45) is 3.20. The molecule has 0 unspecified atom stereocenters. The Morgan fingerprint density at radius 3 is 2.42 bits per heavy atom. The molecule has 0 fully saturated rings. The van der Waals surface area contributed by atoms with Crippen LogP contribution in [0.5, 0.6) is 5.75 Å². The number of aromatic amines is 1. The lowest BCUT2D eigenvalue weighted by Crippen LogP contribution is -2.07. The highest BCUT2D eigenvalue weighted by Crippen LogP contribution is 2.20. The zero-order valence-corrected chi connectivity index (χ0v) is 14.3. The molecule has 24 heavy (non-hydrogen) atoms. The number of esters is 1. The molecule has 0 aliphatic heterocycles. The van der Waals surface area contributed by atoms with E-state index in [0.717, 1.165) is 11.3 Å². The van der Waals surface area contributed by atoms with Crippen LogP contribution < -0.4 is 4.74 Å². The van der Waals surface area contributed by atoms with E-state index < -0.39 is 5.97 Å². The van der Waals surface area contributed by atoms with Gasteiger partial charge in [-0.3, -0.25) is 4.79 Å². The van der Waals surface area contributed by atoms with Crippen molar-refractivity contribution in [3.63, 3.8) is 0 Å². The quantitative estimate of drug-likeness (QED) is 0.499. The minimum Gasteiger partial charge on any atom is -0.497 e. The van der Waals surface area contributed by atoms with Crippen molar-refractivity contribution in [1.29, 1.82) is 0 Å². The number of aromatic nitrogens is 1. The molecule has 0 saturated carbocycles. The molecule has 0 aliphatic carbocycles. The molecule has 0 amide bonds. The van der Waals surface area contributed by atoms with Gasteiger partial charge in [-0.25, -0.2) is 4.79 Å². The van der Waals surface area contributed by atoms with Crippen molar-refractivity contribution < 1.29 is 19.1 Å². The minimum absolute atomic E-state index is 0.193. The van der Waals surface area contributed by atoms with Crippen LogP contribution in [0.15, 0.2) is 30.3 Å². The van der Waals surface area contributed by atoms with Crippen molar-refractivity contribution in [2.75, 3.05) is 13.7 Å². The molecule has 0 radical (unpaired) electrons. The van der Waals surface area contributed by atoms with E-state index in [9.17, 15) is 9.59 Å². The summed E-state index contributed by atoms with van der Waals surface area (Å²) in [6.45, 7) is 5.54. The number of ether oxygens (including phenoxy) is 2. The lowest BCUT2D eigenvalue weighted by molar-refractivity contribution is 0.0525. The van der Waals surface area contributed by atoms with E-state index in [4.69, 9.17) is 9.47 Å². The largest absolute Gasteiger partial charge is 0.497 e. The first-order valence-electron chi connectivity index (χ1n) is 7.70. The van der Waals surface area contributed by atoms with Gasteiger partial charge in [-0.15, -0.1) is 0 Å². The van der Waals surface area contributed by atoms with E-state index >= 15 is 0 Å². The van der Waals surface area contributed by atoms with Gasteiger partial charge in [0, 0.05) is 5.69 Å². The molecule has 2 rings (SSSR count). The Hall–Kier alpha value is -2.82. The van der Waals surface area contributed by atoms with Gasteiger partial charge in [0.2, 0.25) is 5.78 Å². The number of rotatable bonds is 6. The standard InChI is InChI=1S/C19H21NO4/c1-5-24-19(22)17-12(2)18(20-13(17)3)16(21)11-8-14-6-9-15(23-4)10-7-14/h6-11,20H,5H2,1-4H3. The van der Waals surface area contributed by atoms with Crippen molar-refractivity contribution in [1.82, 2.24) is 4.98 Å². The third-order valence-electron chi connectivity index (χ3n) is 3.71. The van der Waals surface area contributed by atoms with Gasteiger partial charge in [0.1, 0.15) is 5.75 Å². The Kier molecular flexibility index (Phi) is 5.58. The fourth-order valence-electron chi connectivity index (χ4n) is 2.48. The first-order valence-corrected chi connectivity index (χ1v) is 7.70. The van der Waals surface area contributed by atoms with Crippen molar-refractivity contribution in [3.05, 3.63) is 58.4 Å². The summed E-state index contributed by atoms with van der Waals surface area (Å²) < 4.78 is 10.1. The van der Waals surface area contributed by atoms with Crippen LogP contribution in [0.1, 0.15) is 44.6 Å². The zero-order chi connectivity index (χ0) is 17.7. The molecular weight excluding hydrogens is 306 g/mol. The molecule has 0 atom stereocenters. The van der Waals surface area contributed by atoms with Crippen LogP contribution in [0.3, 0.4) is 0 Å². The molecule has 0 bridgehead atoms. The molecule has 1 aromatic carbocycles. The average Bonchev–Trinajstić information content (AvgIpc) is 2.88. The molecule has 126 valence electrons. The molecular formula is C19H21NO4. The van der Waals surface area contributed by atoms with Crippen LogP contribution in [-0.4, -0.2) is 30.5 Å². The smallest absolute Gasteiger partial charge is 0.340 e. The molecule has 1 aromatic heterocycles. The summed E-state index contributed by atoms with van der Waals surface area (Å²) in [5.74, 6) is 0.150. The van der Waals surface area contributed by atoms with Crippen molar-refractivity contribution in [2.24, 2.45) is 0 Å². The number of hydrogen-bond acceptors (Lipinski definition) is 4. The maximum absolute atomic E-state index is 12.4. The zero-order valence-electron chi connectivity index (χ0n) is 14.3. The van der Waals surface area contributed by atoms with Crippen LogP contribution in [0.25, 0.3) is 6.08 Å². The second kappa shape index (κ2) is 7.64. The van der Waals surface area contributed by atoms with Gasteiger partial charge in [0.15, 0.2) is 0 Å². The van der Waals surface area contributed by atoms with Crippen LogP contribution in [0.4, 0.5) is 0 Å². The first kappa shape index (κ1) is 17.5. The molecule has 1 heterocycles. The Balaban J connectivity index is 2.22. The second-order valence-electron chi connectivity index (χ2n) is 5.32. The molecule has 1 N–H and O–H groups in total. The minimum atomic E-state index is -0.415. The Morgan fingerprint density at radius 2 is 1.83 bits per heavy atom. The van der Waals surface area contributed by atoms with Crippen LogP contribution >= 0.6 is 0 Å². The summed E-state index contributed by atoms with van der Waals surface area (Å²) >= 11 is 0. The number of carbonyl (C=O) groups excluding carboxylic acids is 2. The highest BCUT2D eigenvalue weighted by atomic mass is 16.5. The number of allylic oxidation sites excluding steroid dienone is 1. The van der Waals surface area contributed by atoms with Crippen LogP contribution in [0, 0.1) is 13.8 Å². The maximum atomic E-state index is 12.4. The third kappa shape index (κ3) is 3.74. The number of carbonyl (C=O) groups is 2.